The summed E-state index contributed by atoms with van der Waals surface area (Å²) < 4.78 is 26.2. The van der Waals surface area contributed by atoms with Gasteiger partial charge >= 0.3 is 0 Å². The van der Waals surface area contributed by atoms with Gasteiger partial charge in [-0.3, -0.25) is 0 Å². The monoisotopic (exact) mass is 282 g/mol. The highest BCUT2D eigenvalue weighted by atomic mass is 32.1. The number of aliphatic hydroxyl groups is 1. The van der Waals surface area contributed by atoms with E-state index in [1.54, 1.807) is 0 Å². The lowest BCUT2D eigenvalue weighted by molar-refractivity contribution is 0.158. The molecule has 0 amide bonds. The van der Waals surface area contributed by atoms with Crippen LogP contribution in [0, 0.1) is 17.6 Å². The predicted octanol–water partition coefficient (Wildman–Crippen LogP) is 3.11. The highest BCUT2D eigenvalue weighted by Gasteiger charge is 2.34. The van der Waals surface area contributed by atoms with Gasteiger partial charge in [0.2, 0.25) is 0 Å². The fourth-order valence-electron chi connectivity index (χ4n) is 2.03. The van der Waals surface area contributed by atoms with Crippen LogP contribution in [0.15, 0.2) is 18.2 Å². The maximum absolute atomic E-state index is 13.3. The van der Waals surface area contributed by atoms with E-state index in [4.69, 9.17) is 5.73 Å². The first-order chi connectivity index (χ1) is 9.06. The van der Waals surface area contributed by atoms with Crippen LogP contribution in [0.2, 0.25) is 0 Å². The number of benzene rings is 1. The molecule has 3 rings (SSSR count). The van der Waals surface area contributed by atoms with E-state index in [9.17, 15) is 13.9 Å². The highest BCUT2D eigenvalue weighted by molar-refractivity contribution is 7.15. The van der Waals surface area contributed by atoms with E-state index < -0.39 is 17.7 Å². The molecule has 1 aliphatic rings. The smallest absolute Gasteiger partial charge is 0.180 e. The Hall–Kier alpha value is -1.53. The normalized spacial score (nSPS) is 16.6. The van der Waals surface area contributed by atoms with Gasteiger partial charge < -0.3 is 10.8 Å². The molecular formula is C13H12F2N2OS. The molecule has 1 unspecified atom stereocenters. The molecule has 19 heavy (non-hydrogen) atoms. The summed E-state index contributed by atoms with van der Waals surface area (Å²) in [5.74, 6) is -1.61. The van der Waals surface area contributed by atoms with Crippen LogP contribution in [-0.2, 0) is 0 Å². The second kappa shape index (κ2) is 4.54. The van der Waals surface area contributed by atoms with Gasteiger partial charge in [0, 0.05) is 5.56 Å². The fourth-order valence-corrected chi connectivity index (χ4v) is 2.96. The van der Waals surface area contributed by atoms with Crippen molar-refractivity contribution < 1.29 is 13.9 Å². The minimum atomic E-state index is -0.934. The van der Waals surface area contributed by atoms with Gasteiger partial charge in [0.1, 0.15) is 0 Å². The van der Waals surface area contributed by atoms with Crippen molar-refractivity contribution in [3.63, 3.8) is 0 Å². The maximum atomic E-state index is 13.3. The summed E-state index contributed by atoms with van der Waals surface area (Å²) in [4.78, 5) is 4.76. The van der Waals surface area contributed by atoms with Crippen molar-refractivity contribution in [3.8, 4) is 11.3 Å². The number of hydrogen-bond donors (Lipinski definition) is 2. The van der Waals surface area contributed by atoms with Gasteiger partial charge in [-0.15, -0.1) is 0 Å². The zero-order valence-corrected chi connectivity index (χ0v) is 10.8. The first-order valence-electron chi connectivity index (χ1n) is 5.96. The Bertz CT molecular complexity index is 625. The molecule has 1 aromatic heterocycles. The van der Waals surface area contributed by atoms with Gasteiger partial charge in [0.25, 0.3) is 0 Å². The van der Waals surface area contributed by atoms with Gasteiger partial charge in [-0.05, 0) is 37.0 Å². The van der Waals surface area contributed by atoms with Crippen LogP contribution in [0.5, 0.6) is 0 Å². The predicted molar refractivity (Wildman–Crippen MR) is 69.6 cm³/mol. The van der Waals surface area contributed by atoms with E-state index in [-0.39, 0.29) is 5.92 Å². The van der Waals surface area contributed by atoms with Gasteiger partial charge in [-0.25, -0.2) is 13.8 Å². The van der Waals surface area contributed by atoms with Gasteiger partial charge in [0.05, 0.1) is 16.7 Å². The highest BCUT2D eigenvalue weighted by Crippen LogP contribution is 2.46. The van der Waals surface area contributed by atoms with E-state index in [0.29, 0.717) is 21.3 Å². The number of anilines is 1. The summed E-state index contributed by atoms with van der Waals surface area (Å²) in [7, 11) is 0. The lowest BCUT2D eigenvalue weighted by atomic mass is 10.1. The van der Waals surface area contributed by atoms with E-state index in [0.717, 1.165) is 25.0 Å². The second-order valence-corrected chi connectivity index (χ2v) is 5.74. The van der Waals surface area contributed by atoms with Crippen molar-refractivity contribution in [3.05, 3.63) is 34.7 Å². The molecule has 1 heterocycles. The van der Waals surface area contributed by atoms with Crippen molar-refractivity contribution in [2.24, 2.45) is 5.92 Å². The fraction of sp³-hybridized carbons (Fsp3) is 0.308. The molecule has 3 N–H and O–H groups in total. The standard InChI is InChI=1S/C13H12F2N2OS/c14-8-4-3-7(5-9(8)15)10-12(19-13(16)17-10)11(18)6-1-2-6/h3-6,11,18H,1-2H2,(H2,16,17). The van der Waals surface area contributed by atoms with Crippen LogP contribution in [0.4, 0.5) is 13.9 Å². The Balaban J connectivity index is 2.05. The third-order valence-electron chi connectivity index (χ3n) is 3.20. The lowest BCUT2D eigenvalue weighted by Crippen LogP contribution is -1.99. The van der Waals surface area contributed by atoms with Crippen molar-refractivity contribution >= 4 is 16.5 Å². The number of nitrogen functional groups attached to an aromatic ring is 1. The molecule has 0 bridgehead atoms. The van der Waals surface area contributed by atoms with Gasteiger partial charge in [-0.1, -0.05) is 11.3 Å². The molecule has 2 aromatic rings. The maximum Gasteiger partial charge on any atom is 0.180 e. The Morgan fingerprint density at radius 1 is 1.32 bits per heavy atom. The molecule has 1 saturated carbocycles. The van der Waals surface area contributed by atoms with Crippen LogP contribution < -0.4 is 5.73 Å². The van der Waals surface area contributed by atoms with Crippen LogP contribution >= 0.6 is 11.3 Å². The first-order valence-corrected chi connectivity index (χ1v) is 6.77. The van der Waals surface area contributed by atoms with Crippen LogP contribution in [-0.4, -0.2) is 10.1 Å². The number of halogens is 2. The molecule has 0 saturated heterocycles. The molecule has 1 aliphatic carbocycles. The van der Waals surface area contributed by atoms with Gasteiger partial charge in [0.15, 0.2) is 16.8 Å². The molecular weight excluding hydrogens is 270 g/mol. The quantitative estimate of drug-likeness (QED) is 0.909. The third kappa shape index (κ3) is 2.33. The topological polar surface area (TPSA) is 59.1 Å². The van der Waals surface area contributed by atoms with Crippen LogP contribution in [0.1, 0.15) is 23.8 Å². The molecule has 3 nitrogen and oxygen atoms in total. The lowest BCUT2D eigenvalue weighted by Gasteiger charge is -2.09. The number of nitrogens with two attached hydrogens (primary N) is 1. The number of aromatic nitrogens is 1. The van der Waals surface area contributed by atoms with E-state index in [1.165, 1.54) is 17.4 Å². The van der Waals surface area contributed by atoms with E-state index in [2.05, 4.69) is 4.98 Å². The second-order valence-electron chi connectivity index (χ2n) is 4.68. The average Bonchev–Trinajstić information content (AvgIpc) is 3.15. The number of nitrogens with zero attached hydrogens (tertiary/aromatic N) is 1. The van der Waals surface area contributed by atoms with Crippen LogP contribution in [0.3, 0.4) is 0 Å². The number of thiazole rings is 1. The SMILES string of the molecule is Nc1nc(-c2ccc(F)c(F)c2)c(C(O)C2CC2)s1. The number of aliphatic hydroxyl groups excluding tert-OH is 1. The summed E-state index contributed by atoms with van der Waals surface area (Å²) in [5, 5.41) is 10.5. The summed E-state index contributed by atoms with van der Waals surface area (Å²) in [6.07, 6.45) is 1.31. The van der Waals surface area contributed by atoms with Crippen molar-refractivity contribution in [2.45, 2.75) is 18.9 Å². The number of rotatable bonds is 3. The Kier molecular flexibility index (Phi) is 2.99. The zero-order chi connectivity index (χ0) is 13.6. The Labute approximate surface area is 112 Å². The van der Waals surface area contributed by atoms with Gasteiger partial charge in [-0.2, -0.15) is 0 Å². The van der Waals surface area contributed by atoms with E-state index >= 15 is 0 Å². The van der Waals surface area contributed by atoms with Crippen LogP contribution in [0.25, 0.3) is 11.3 Å². The molecule has 1 aromatic carbocycles. The third-order valence-corrected chi connectivity index (χ3v) is 4.16. The Morgan fingerprint density at radius 3 is 2.68 bits per heavy atom. The largest absolute Gasteiger partial charge is 0.387 e. The molecule has 100 valence electrons. The van der Waals surface area contributed by atoms with Crippen molar-refractivity contribution in [1.29, 1.82) is 0 Å². The van der Waals surface area contributed by atoms with Crippen molar-refractivity contribution in [1.82, 2.24) is 4.98 Å². The molecule has 1 atom stereocenters. The summed E-state index contributed by atoms with van der Waals surface area (Å²) in [6, 6.07) is 3.57. The summed E-state index contributed by atoms with van der Waals surface area (Å²) in [5.41, 5.74) is 6.55. The molecule has 0 spiro atoms. The Morgan fingerprint density at radius 2 is 2.05 bits per heavy atom. The molecule has 6 heteroatoms. The zero-order valence-electron chi connectivity index (χ0n) is 9.94. The summed E-state index contributed by atoms with van der Waals surface area (Å²) >= 11 is 1.20. The average molecular weight is 282 g/mol. The van der Waals surface area contributed by atoms with E-state index in [1.807, 2.05) is 0 Å². The molecule has 1 fully saturated rings. The number of hydrogen-bond acceptors (Lipinski definition) is 4. The molecule has 0 aliphatic heterocycles. The van der Waals surface area contributed by atoms with Crippen molar-refractivity contribution in [2.75, 3.05) is 5.73 Å². The minimum Gasteiger partial charge on any atom is -0.387 e. The first kappa shape index (κ1) is 12.5. The molecule has 0 radical (unpaired) electrons. The summed E-state index contributed by atoms with van der Waals surface area (Å²) in [6.45, 7) is 0. The minimum absolute atomic E-state index is 0.226.